The molecule has 0 saturated carbocycles. The number of nitrogens with one attached hydrogen (secondary N) is 1. The van der Waals surface area contributed by atoms with Crippen molar-refractivity contribution >= 4 is 5.69 Å². The number of ether oxygens (including phenoxy) is 1. The van der Waals surface area contributed by atoms with Crippen LogP contribution >= 0.6 is 0 Å². The van der Waals surface area contributed by atoms with Gasteiger partial charge in [0.05, 0.1) is 31.1 Å². The number of anilines is 1. The summed E-state index contributed by atoms with van der Waals surface area (Å²) in [4.78, 5) is 12.8. The lowest BCUT2D eigenvalue weighted by Crippen LogP contribution is -2.39. The number of aromatic amines is 1. The summed E-state index contributed by atoms with van der Waals surface area (Å²) in [6.07, 6.45) is 1.93. The summed E-state index contributed by atoms with van der Waals surface area (Å²) >= 11 is 0. The topological polar surface area (TPSA) is 44.4 Å². The Morgan fingerprint density at radius 2 is 1.86 bits per heavy atom. The summed E-state index contributed by atoms with van der Waals surface area (Å²) in [6, 6.07) is 17.4. The molecule has 1 fully saturated rings. The number of H-pyrrole nitrogens is 1. The molecule has 1 atom stereocenters. The van der Waals surface area contributed by atoms with E-state index in [1.165, 1.54) is 16.8 Å². The molecule has 2 heterocycles. The zero-order valence-corrected chi connectivity index (χ0v) is 16.9. The van der Waals surface area contributed by atoms with Gasteiger partial charge in [0.15, 0.2) is 0 Å². The van der Waals surface area contributed by atoms with Crippen LogP contribution in [0.25, 0.3) is 11.3 Å². The molecular weight excluding hydrogens is 348 g/mol. The zero-order valence-electron chi connectivity index (χ0n) is 16.9. The third-order valence-corrected chi connectivity index (χ3v) is 5.35. The predicted molar refractivity (Wildman–Crippen MR) is 113 cm³/mol. The van der Waals surface area contributed by atoms with Crippen molar-refractivity contribution in [2.75, 3.05) is 38.8 Å². The van der Waals surface area contributed by atoms with E-state index in [0.29, 0.717) is 6.61 Å². The average molecular weight is 377 g/mol. The highest BCUT2D eigenvalue weighted by molar-refractivity contribution is 5.58. The molecule has 5 heteroatoms. The maximum absolute atomic E-state index is 5.78. The molecule has 5 nitrogen and oxygen atoms in total. The van der Waals surface area contributed by atoms with E-state index in [1.807, 2.05) is 6.20 Å². The highest BCUT2D eigenvalue weighted by Crippen LogP contribution is 2.27. The summed E-state index contributed by atoms with van der Waals surface area (Å²) in [7, 11) is 4.13. The molecule has 0 radical (unpaired) electrons. The number of benzene rings is 2. The van der Waals surface area contributed by atoms with Crippen molar-refractivity contribution in [3.8, 4) is 11.3 Å². The zero-order chi connectivity index (χ0) is 19.5. The molecule has 4 rings (SSSR count). The normalized spacial score (nSPS) is 17.6. The average Bonchev–Trinajstić information content (AvgIpc) is 3.19. The SMILES string of the molecule is Cc1ccc(-c2cnc(C3COCCN3Cc3ccc(N(C)C)cc3)[nH]2)cc1. The van der Waals surface area contributed by atoms with E-state index < -0.39 is 0 Å². The predicted octanol–water partition coefficient (Wildman–Crippen LogP) is 4.02. The molecule has 2 aromatic carbocycles. The first kappa shape index (κ1) is 18.7. The first-order chi connectivity index (χ1) is 13.6. The van der Waals surface area contributed by atoms with Crippen LogP contribution in [0, 0.1) is 6.92 Å². The molecule has 0 bridgehead atoms. The second kappa shape index (κ2) is 8.17. The minimum absolute atomic E-state index is 0.140. The Hall–Kier alpha value is -2.63. The number of rotatable bonds is 5. The second-order valence-corrected chi connectivity index (χ2v) is 7.67. The molecule has 0 aliphatic carbocycles. The maximum atomic E-state index is 5.78. The molecule has 1 unspecified atom stereocenters. The maximum Gasteiger partial charge on any atom is 0.126 e. The van der Waals surface area contributed by atoms with E-state index >= 15 is 0 Å². The lowest BCUT2D eigenvalue weighted by Gasteiger charge is -2.34. The largest absolute Gasteiger partial charge is 0.378 e. The fraction of sp³-hybridized carbons (Fsp3) is 0.348. The Kier molecular flexibility index (Phi) is 5.46. The van der Waals surface area contributed by atoms with Crippen LogP contribution in [0.5, 0.6) is 0 Å². The smallest absolute Gasteiger partial charge is 0.126 e. The fourth-order valence-corrected chi connectivity index (χ4v) is 3.60. The number of hydrogen-bond acceptors (Lipinski definition) is 4. The van der Waals surface area contributed by atoms with Crippen LogP contribution in [0.15, 0.2) is 54.7 Å². The van der Waals surface area contributed by atoms with Crippen LogP contribution in [0.4, 0.5) is 5.69 Å². The van der Waals surface area contributed by atoms with Gasteiger partial charge in [-0.2, -0.15) is 0 Å². The Balaban J connectivity index is 1.51. The van der Waals surface area contributed by atoms with Gasteiger partial charge in [-0.25, -0.2) is 4.98 Å². The Morgan fingerprint density at radius 3 is 2.57 bits per heavy atom. The van der Waals surface area contributed by atoms with Crippen LogP contribution in [0.3, 0.4) is 0 Å². The molecule has 146 valence electrons. The number of nitrogens with zero attached hydrogens (tertiary/aromatic N) is 3. The Labute approximate surface area is 167 Å². The van der Waals surface area contributed by atoms with Crippen molar-refractivity contribution in [1.82, 2.24) is 14.9 Å². The van der Waals surface area contributed by atoms with E-state index in [1.54, 1.807) is 0 Å². The minimum Gasteiger partial charge on any atom is -0.378 e. The monoisotopic (exact) mass is 376 g/mol. The number of aryl methyl sites for hydroxylation is 1. The Bertz CT molecular complexity index is 899. The molecule has 28 heavy (non-hydrogen) atoms. The van der Waals surface area contributed by atoms with E-state index in [0.717, 1.165) is 36.8 Å². The molecule has 1 saturated heterocycles. The van der Waals surface area contributed by atoms with Crippen molar-refractivity contribution in [2.45, 2.75) is 19.5 Å². The van der Waals surface area contributed by atoms with Crippen molar-refractivity contribution in [3.63, 3.8) is 0 Å². The van der Waals surface area contributed by atoms with Gasteiger partial charge in [0, 0.05) is 32.9 Å². The summed E-state index contributed by atoms with van der Waals surface area (Å²) in [5.41, 5.74) is 6.00. The fourth-order valence-electron chi connectivity index (χ4n) is 3.60. The molecule has 0 spiro atoms. The molecule has 1 aliphatic rings. The van der Waals surface area contributed by atoms with Gasteiger partial charge in [-0.15, -0.1) is 0 Å². The minimum atomic E-state index is 0.140. The van der Waals surface area contributed by atoms with Crippen LogP contribution in [0.1, 0.15) is 23.0 Å². The number of imidazole rings is 1. The van der Waals surface area contributed by atoms with Gasteiger partial charge in [0.1, 0.15) is 5.82 Å². The highest BCUT2D eigenvalue weighted by atomic mass is 16.5. The lowest BCUT2D eigenvalue weighted by atomic mass is 10.1. The molecule has 3 aromatic rings. The molecule has 0 amide bonds. The summed E-state index contributed by atoms with van der Waals surface area (Å²) < 4.78 is 5.78. The van der Waals surface area contributed by atoms with E-state index in [-0.39, 0.29) is 6.04 Å². The third-order valence-electron chi connectivity index (χ3n) is 5.35. The molecule has 1 aromatic heterocycles. The summed E-state index contributed by atoms with van der Waals surface area (Å²) in [5.74, 6) is 0.972. The second-order valence-electron chi connectivity index (χ2n) is 7.67. The Morgan fingerprint density at radius 1 is 1.11 bits per heavy atom. The molecule has 1 N–H and O–H groups in total. The van der Waals surface area contributed by atoms with E-state index in [4.69, 9.17) is 4.74 Å². The van der Waals surface area contributed by atoms with Crippen molar-refractivity contribution in [2.24, 2.45) is 0 Å². The lowest BCUT2D eigenvalue weighted by molar-refractivity contribution is -0.0156. The number of aromatic nitrogens is 2. The molecule has 1 aliphatic heterocycles. The van der Waals surface area contributed by atoms with Crippen LogP contribution in [-0.4, -0.2) is 48.7 Å². The van der Waals surface area contributed by atoms with Crippen LogP contribution in [0.2, 0.25) is 0 Å². The van der Waals surface area contributed by atoms with Gasteiger partial charge in [-0.1, -0.05) is 42.0 Å². The van der Waals surface area contributed by atoms with E-state index in [2.05, 4.69) is 89.3 Å². The standard InChI is InChI=1S/C23H28N4O/c1-17-4-8-19(9-5-17)21-14-24-23(25-21)22-16-28-13-12-27(22)15-18-6-10-20(11-7-18)26(2)3/h4-11,14,22H,12-13,15-16H2,1-3H3,(H,24,25). The first-order valence-corrected chi connectivity index (χ1v) is 9.80. The van der Waals surface area contributed by atoms with Crippen LogP contribution in [-0.2, 0) is 11.3 Å². The highest BCUT2D eigenvalue weighted by Gasteiger charge is 2.27. The van der Waals surface area contributed by atoms with Gasteiger partial charge in [-0.05, 0) is 30.2 Å². The van der Waals surface area contributed by atoms with Crippen LogP contribution < -0.4 is 4.90 Å². The van der Waals surface area contributed by atoms with Gasteiger partial charge in [-0.3, -0.25) is 4.90 Å². The quantitative estimate of drug-likeness (QED) is 0.730. The third kappa shape index (κ3) is 4.11. The van der Waals surface area contributed by atoms with Gasteiger partial charge >= 0.3 is 0 Å². The number of morpholine rings is 1. The van der Waals surface area contributed by atoms with Crippen molar-refractivity contribution < 1.29 is 4.74 Å². The summed E-state index contributed by atoms with van der Waals surface area (Å²) in [6.45, 7) is 5.32. The van der Waals surface area contributed by atoms with Gasteiger partial charge < -0.3 is 14.6 Å². The number of hydrogen-bond donors (Lipinski definition) is 1. The summed E-state index contributed by atoms with van der Waals surface area (Å²) in [5, 5.41) is 0. The van der Waals surface area contributed by atoms with Crippen molar-refractivity contribution in [3.05, 3.63) is 71.7 Å². The van der Waals surface area contributed by atoms with Gasteiger partial charge in [0.25, 0.3) is 0 Å². The van der Waals surface area contributed by atoms with E-state index in [9.17, 15) is 0 Å². The van der Waals surface area contributed by atoms with Gasteiger partial charge in [0.2, 0.25) is 0 Å². The van der Waals surface area contributed by atoms with Crippen molar-refractivity contribution in [1.29, 1.82) is 0 Å². The molecular formula is C23H28N4O. The first-order valence-electron chi connectivity index (χ1n) is 9.80.